The molecule has 0 bridgehead atoms. The van der Waals surface area contributed by atoms with Crippen LogP contribution < -0.4 is 0 Å². The molecule has 0 saturated heterocycles. The van der Waals surface area contributed by atoms with Crippen molar-refractivity contribution in [2.45, 2.75) is 33.1 Å². The molecular formula is C12H16ClNO2. The van der Waals surface area contributed by atoms with Crippen LogP contribution in [0.3, 0.4) is 0 Å². The fraction of sp³-hybridized carbons (Fsp3) is 0.500. The van der Waals surface area contributed by atoms with Gasteiger partial charge in [0.05, 0.1) is 5.41 Å². The minimum atomic E-state index is -0.760. The molecule has 0 amide bonds. The average Bonchev–Trinajstić information content (AvgIpc) is 2.22. The van der Waals surface area contributed by atoms with Crippen LogP contribution in [0.15, 0.2) is 18.3 Å². The molecule has 0 aliphatic heterocycles. The van der Waals surface area contributed by atoms with Crippen LogP contribution in [0, 0.1) is 5.41 Å². The fourth-order valence-electron chi connectivity index (χ4n) is 1.78. The van der Waals surface area contributed by atoms with Gasteiger partial charge in [-0.15, -0.1) is 0 Å². The lowest BCUT2D eigenvalue weighted by molar-refractivity contribution is -0.148. The van der Waals surface area contributed by atoms with Gasteiger partial charge < -0.3 is 5.11 Å². The summed E-state index contributed by atoms with van der Waals surface area (Å²) in [4.78, 5) is 15.2. The largest absolute Gasteiger partial charge is 0.481 e. The Morgan fingerprint density at radius 2 is 2.25 bits per heavy atom. The summed E-state index contributed by atoms with van der Waals surface area (Å²) < 4.78 is 0. The number of carbonyl (C=O) groups is 1. The summed E-state index contributed by atoms with van der Waals surface area (Å²) >= 11 is 5.68. The van der Waals surface area contributed by atoms with Gasteiger partial charge in [-0.25, -0.2) is 4.98 Å². The number of hydrogen-bond donors (Lipinski definition) is 1. The van der Waals surface area contributed by atoms with E-state index < -0.39 is 11.4 Å². The first-order valence-corrected chi connectivity index (χ1v) is 5.69. The molecule has 0 fully saturated rings. The molecule has 1 unspecified atom stereocenters. The molecule has 0 aliphatic rings. The lowest BCUT2D eigenvalue weighted by Crippen LogP contribution is -2.29. The second-order valence-corrected chi connectivity index (χ2v) is 4.67. The molecule has 1 aromatic heterocycles. The van der Waals surface area contributed by atoms with Crippen LogP contribution in [-0.4, -0.2) is 16.1 Å². The summed E-state index contributed by atoms with van der Waals surface area (Å²) in [6.45, 7) is 3.76. The minimum Gasteiger partial charge on any atom is -0.481 e. The van der Waals surface area contributed by atoms with E-state index in [-0.39, 0.29) is 0 Å². The maximum absolute atomic E-state index is 11.2. The van der Waals surface area contributed by atoms with E-state index in [9.17, 15) is 9.90 Å². The number of hydrogen-bond acceptors (Lipinski definition) is 2. The molecule has 16 heavy (non-hydrogen) atoms. The SMILES string of the molecule is CCCC(C)(Cc1ccc(Cl)nc1)C(=O)O. The normalized spacial score (nSPS) is 14.4. The summed E-state index contributed by atoms with van der Waals surface area (Å²) in [5.41, 5.74) is 0.187. The van der Waals surface area contributed by atoms with Gasteiger partial charge >= 0.3 is 5.97 Å². The van der Waals surface area contributed by atoms with Crippen LogP contribution >= 0.6 is 11.6 Å². The number of nitrogens with zero attached hydrogens (tertiary/aromatic N) is 1. The van der Waals surface area contributed by atoms with Crippen molar-refractivity contribution in [1.29, 1.82) is 0 Å². The van der Waals surface area contributed by atoms with E-state index in [1.54, 1.807) is 19.2 Å². The van der Waals surface area contributed by atoms with E-state index in [1.807, 2.05) is 13.0 Å². The highest BCUT2D eigenvalue weighted by molar-refractivity contribution is 6.29. The van der Waals surface area contributed by atoms with Crippen LogP contribution in [0.1, 0.15) is 32.3 Å². The van der Waals surface area contributed by atoms with E-state index in [2.05, 4.69) is 4.98 Å². The highest BCUT2D eigenvalue weighted by Gasteiger charge is 2.32. The Morgan fingerprint density at radius 1 is 1.56 bits per heavy atom. The summed E-state index contributed by atoms with van der Waals surface area (Å²) in [6.07, 6.45) is 3.63. The van der Waals surface area contributed by atoms with Crippen molar-refractivity contribution in [2.24, 2.45) is 5.41 Å². The van der Waals surface area contributed by atoms with E-state index in [1.165, 1.54) is 0 Å². The monoisotopic (exact) mass is 241 g/mol. The Kier molecular flexibility index (Phi) is 4.30. The molecule has 0 radical (unpaired) electrons. The van der Waals surface area contributed by atoms with Crippen molar-refractivity contribution in [2.75, 3.05) is 0 Å². The summed E-state index contributed by atoms with van der Waals surface area (Å²) in [6, 6.07) is 3.51. The molecule has 1 rings (SSSR count). The quantitative estimate of drug-likeness (QED) is 0.806. The van der Waals surface area contributed by atoms with E-state index >= 15 is 0 Å². The molecule has 0 spiro atoms. The topological polar surface area (TPSA) is 50.2 Å². The summed E-state index contributed by atoms with van der Waals surface area (Å²) in [7, 11) is 0. The minimum absolute atomic E-state index is 0.427. The fourth-order valence-corrected chi connectivity index (χ4v) is 1.90. The van der Waals surface area contributed by atoms with Gasteiger partial charge in [0.15, 0.2) is 0 Å². The van der Waals surface area contributed by atoms with Gasteiger partial charge in [-0.3, -0.25) is 4.79 Å². The van der Waals surface area contributed by atoms with Crippen molar-refractivity contribution in [3.8, 4) is 0 Å². The molecule has 0 saturated carbocycles. The van der Waals surface area contributed by atoms with Crippen LogP contribution in [-0.2, 0) is 11.2 Å². The Bertz CT molecular complexity index is 364. The maximum atomic E-state index is 11.2. The molecular weight excluding hydrogens is 226 g/mol. The molecule has 0 aromatic carbocycles. The Morgan fingerprint density at radius 3 is 2.69 bits per heavy atom. The first kappa shape index (κ1) is 13.0. The lowest BCUT2D eigenvalue weighted by Gasteiger charge is -2.24. The van der Waals surface area contributed by atoms with Crippen LogP contribution in [0.4, 0.5) is 0 Å². The van der Waals surface area contributed by atoms with Crippen LogP contribution in [0.2, 0.25) is 5.15 Å². The van der Waals surface area contributed by atoms with Gasteiger partial charge in [-0.05, 0) is 31.4 Å². The third kappa shape index (κ3) is 3.20. The Balaban J connectivity index is 2.83. The van der Waals surface area contributed by atoms with Gasteiger partial charge in [-0.2, -0.15) is 0 Å². The van der Waals surface area contributed by atoms with Crippen LogP contribution in [0.5, 0.6) is 0 Å². The second-order valence-electron chi connectivity index (χ2n) is 4.28. The Hall–Kier alpha value is -1.09. The van der Waals surface area contributed by atoms with Gasteiger partial charge in [0.1, 0.15) is 5.15 Å². The predicted octanol–water partition coefficient (Wildman–Crippen LogP) is 3.17. The van der Waals surface area contributed by atoms with E-state index in [0.29, 0.717) is 18.0 Å². The highest BCUT2D eigenvalue weighted by atomic mass is 35.5. The zero-order chi connectivity index (χ0) is 12.2. The lowest BCUT2D eigenvalue weighted by atomic mass is 9.80. The number of rotatable bonds is 5. The summed E-state index contributed by atoms with van der Waals surface area (Å²) in [5, 5.41) is 9.66. The number of aromatic nitrogens is 1. The van der Waals surface area contributed by atoms with Crippen molar-refractivity contribution in [3.63, 3.8) is 0 Å². The number of carboxylic acids is 1. The first-order chi connectivity index (χ1) is 7.48. The predicted molar refractivity (Wildman–Crippen MR) is 63.6 cm³/mol. The van der Waals surface area contributed by atoms with Gasteiger partial charge in [0.25, 0.3) is 0 Å². The first-order valence-electron chi connectivity index (χ1n) is 5.32. The number of aliphatic carboxylic acids is 1. The standard InChI is InChI=1S/C12H16ClNO2/c1-3-6-12(2,11(15)16)7-9-4-5-10(13)14-8-9/h4-5,8H,3,6-7H2,1-2H3,(H,15,16). The maximum Gasteiger partial charge on any atom is 0.309 e. The number of pyridine rings is 1. The van der Waals surface area contributed by atoms with E-state index in [4.69, 9.17) is 11.6 Å². The number of halogens is 1. The molecule has 1 heterocycles. The van der Waals surface area contributed by atoms with Gasteiger partial charge in [-0.1, -0.05) is 31.0 Å². The second kappa shape index (κ2) is 5.30. The zero-order valence-corrected chi connectivity index (χ0v) is 10.3. The van der Waals surface area contributed by atoms with E-state index in [0.717, 1.165) is 12.0 Å². The smallest absolute Gasteiger partial charge is 0.309 e. The highest BCUT2D eigenvalue weighted by Crippen LogP contribution is 2.28. The number of carboxylic acid groups (broad SMARTS) is 1. The van der Waals surface area contributed by atoms with Gasteiger partial charge in [0, 0.05) is 6.20 Å². The van der Waals surface area contributed by atoms with Gasteiger partial charge in [0.2, 0.25) is 0 Å². The van der Waals surface area contributed by atoms with Crippen molar-refractivity contribution in [1.82, 2.24) is 4.98 Å². The molecule has 3 nitrogen and oxygen atoms in total. The molecule has 88 valence electrons. The van der Waals surface area contributed by atoms with Crippen molar-refractivity contribution < 1.29 is 9.90 Å². The van der Waals surface area contributed by atoms with Crippen molar-refractivity contribution >= 4 is 17.6 Å². The molecule has 4 heteroatoms. The molecule has 1 aromatic rings. The van der Waals surface area contributed by atoms with Crippen molar-refractivity contribution in [3.05, 3.63) is 29.0 Å². The zero-order valence-electron chi connectivity index (χ0n) is 9.53. The van der Waals surface area contributed by atoms with Crippen LogP contribution in [0.25, 0.3) is 0 Å². The summed E-state index contributed by atoms with van der Waals surface area (Å²) in [5.74, 6) is -0.760. The molecule has 1 atom stereocenters. The Labute approximate surface area is 100 Å². The molecule has 0 aliphatic carbocycles. The molecule has 1 N–H and O–H groups in total. The average molecular weight is 242 g/mol. The third-order valence-electron chi connectivity index (χ3n) is 2.70. The third-order valence-corrected chi connectivity index (χ3v) is 2.92.